The second-order valence-corrected chi connectivity index (χ2v) is 4.91. The lowest BCUT2D eigenvalue weighted by molar-refractivity contribution is -0.144. The molecule has 0 fully saturated rings. The highest BCUT2D eigenvalue weighted by Gasteiger charge is 2.47. The Morgan fingerprint density at radius 2 is 1.55 bits per heavy atom. The van der Waals surface area contributed by atoms with Crippen molar-refractivity contribution in [2.45, 2.75) is 5.41 Å². The lowest BCUT2D eigenvalue weighted by Crippen LogP contribution is -2.40. The first-order valence-corrected chi connectivity index (χ1v) is 6.99. The number of rotatable bonds is 4. The number of imidazole rings is 1. The van der Waals surface area contributed by atoms with Crippen LogP contribution < -0.4 is 0 Å². The summed E-state index contributed by atoms with van der Waals surface area (Å²) in [6, 6.07) is 19.1. The number of hydrogen-bond acceptors (Lipinski definition) is 3. The van der Waals surface area contributed by atoms with Crippen LogP contribution in [-0.2, 0) is 14.9 Å². The van der Waals surface area contributed by atoms with Gasteiger partial charge in [0.25, 0.3) is 0 Å². The van der Waals surface area contributed by atoms with E-state index >= 15 is 0 Å². The number of esters is 1. The summed E-state index contributed by atoms with van der Waals surface area (Å²) in [6.45, 7) is 0. The molecule has 0 amide bonds. The summed E-state index contributed by atoms with van der Waals surface area (Å²) in [5.41, 5.74) is 0.506. The molecule has 3 aromatic rings. The minimum Gasteiger partial charge on any atom is -0.468 e. The van der Waals surface area contributed by atoms with Gasteiger partial charge in [-0.1, -0.05) is 60.7 Å². The molecule has 110 valence electrons. The lowest BCUT2D eigenvalue weighted by atomic mass is 9.73. The van der Waals surface area contributed by atoms with Crippen molar-refractivity contribution in [1.82, 2.24) is 9.97 Å². The Bertz CT molecular complexity index is 698. The number of methoxy groups -OCH3 is 1. The summed E-state index contributed by atoms with van der Waals surface area (Å²) in [4.78, 5) is 20.3. The van der Waals surface area contributed by atoms with Gasteiger partial charge in [0.15, 0.2) is 5.41 Å². The van der Waals surface area contributed by atoms with Gasteiger partial charge >= 0.3 is 5.97 Å². The standard InChI is InChI=1S/C18H16N2O2/c1-22-17(21)18(16-19-12-13-20-16,14-8-4-2-5-9-14)15-10-6-3-7-11-15/h2-13H,1H3,(H,19,20). The number of H-pyrrole nitrogens is 1. The van der Waals surface area contributed by atoms with Crippen LogP contribution in [0.2, 0.25) is 0 Å². The second kappa shape index (κ2) is 5.85. The first kappa shape index (κ1) is 14.1. The van der Waals surface area contributed by atoms with E-state index in [0.717, 1.165) is 11.1 Å². The predicted molar refractivity (Wildman–Crippen MR) is 83.4 cm³/mol. The number of nitrogens with one attached hydrogen (secondary N) is 1. The van der Waals surface area contributed by atoms with Gasteiger partial charge in [-0.15, -0.1) is 0 Å². The average molecular weight is 292 g/mol. The van der Waals surface area contributed by atoms with Crippen LogP contribution in [0.15, 0.2) is 73.1 Å². The molecule has 2 aromatic carbocycles. The molecular formula is C18H16N2O2. The molecule has 0 aliphatic carbocycles. The molecule has 0 aliphatic heterocycles. The number of benzene rings is 2. The first-order valence-electron chi connectivity index (χ1n) is 6.99. The molecule has 0 spiro atoms. The Balaban J connectivity index is 2.36. The topological polar surface area (TPSA) is 55.0 Å². The van der Waals surface area contributed by atoms with E-state index in [-0.39, 0.29) is 5.97 Å². The lowest BCUT2D eigenvalue weighted by Gasteiger charge is -2.30. The van der Waals surface area contributed by atoms with E-state index in [1.165, 1.54) is 7.11 Å². The van der Waals surface area contributed by atoms with Crippen LogP contribution in [0, 0.1) is 0 Å². The van der Waals surface area contributed by atoms with Crippen LogP contribution in [-0.4, -0.2) is 23.0 Å². The molecule has 0 saturated carbocycles. The van der Waals surface area contributed by atoms with Crippen molar-refractivity contribution in [3.63, 3.8) is 0 Å². The zero-order valence-corrected chi connectivity index (χ0v) is 12.2. The van der Waals surface area contributed by atoms with E-state index in [2.05, 4.69) is 9.97 Å². The molecule has 0 atom stereocenters. The van der Waals surface area contributed by atoms with Gasteiger partial charge < -0.3 is 9.72 Å². The molecule has 3 rings (SSSR count). The summed E-state index contributed by atoms with van der Waals surface area (Å²) < 4.78 is 5.15. The van der Waals surface area contributed by atoms with Crippen molar-refractivity contribution in [2.75, 3.05) is 7.11 Å². The van der Waals surface area contributed by atoms with Gasteiger partial charge in [-0.25, -0.2) is 4.98 Å². The maximum absolute atomic E-state index is 12.9. The molecule has 1 N–H and O–H groups in total. The van der Waals surface area contributed by atoms with Gasteiger partial charge in [0.05, 0.1) is 7.11 Å². The largest absolute Gasteiger partial charge is 0.468 e. The van der Waals surface area contributed by atoms with Crippen molar-refractivity contribution in [1.29, 1.82) is 0 Å². The smallest absolute Gasteiger partial charge is 0.328 e. The fourth-order valence-electron chi connectivity index (χ4n) is 2.77. The fourth-order valence-corrected chi connectivity index (χ4v) is 2.77. The van der Waals surface area contributed by atoms with Crippen molar-refractivity contribution < 1.29 is 9.53 Å². The number of ether oxygens (including phenoxy) is 1. The van der Waals surface area contributed by atoms with Crippen LogP contribution in [0.3, 0.4) is 0 Å². The fraction of sp³-hybridized carbons (Fsp3) is 0.111. The predicted octanol–water partition coefficient (Wildman–Crippen LogP) is 2.92. The van der Waals surface area contributed by atoms with Gasteiger partial charge in [-0.05, 0) is 11.1 Å². The van der Waals surface area contributed by atoms with E-state index in [0.29, 0.717) is 5.82 Å². The SMILES string of the molecule is COC(=O)C(c1ccccc1)(c1ccccc1)c1ncc[nH]1. The van der Waals surface area contributed by atoms with E-state index < -0.39 is 5.41 Å². The number of nitrogens with zero attached hydrogens (tertiary/aromatic N) is 1. The second-order valence-electron chi connectivity index (χ2n) is 4.91. The summed E-state index contributed by atoms with van der Waals surface area (Å²) in [6.07, 6.45) is 3.35. The molecule has 0 aliphatic rings. The van der Waals surface area contributed by atoms with Crippen LogP contribution in [0.25, 0.3) is 0 Å². The van der Waals surface area contributed by atoms with E-state index in [1.54, 1.807) is 12.4 Å². The van der Waals surface area contributed by atoms with Crippen molar-refractivity contribution >= 4 is 5.97 Å². The normalized spacial score (nSPS) is 11.1. The number of aromatic amines is 1. The highest BCUT2D eigenvalue weighted by molar-refractivity contribution is 5.91. The molecule has 4 heteroatoms. The Morgan fingerprint density at radius 3 is 1.95 bits per heavy atom. The Kier molecular flexibility index (Phi) is 3.74. The molecule has 4 nitrogen and oxygen atoms in total. The minimum atomic E-state index is -1.11. The third-order valence-electron chi connectivity index (χ3n) is 3.76. The molecular weight excluding hydrogens is 276 g/mol. The zero-order chi connectivity index (χ0) is 15.4. The third-order valence-corrected chi connectivity index (χ3v) is 3.76. The van der Waals surface area contributed by atoms with E-state index in [4.69, 9.17) is 4.74 Å². The van der Waals surface area contributed by atoms with E-state index in [9.17, 15) is 4.79 Å². The summed E-state index contributed by atoms with van der Waals surface area (Å²) >= 11 is 0. The molecule has 0 saturated heterocycles. The van der Waals surface area contributed by atoms with Crippen LogP contribution >= 0.6 is 0 Å². The number of aromatic nitrogens is 2. The van der Waals surface area contributed by atoms with Gasteiger partial charge in [0.1, 0.15) is 5.82 Å². The molecule has 1 aromatic heterocycles. The maximum Gasteiger partial charge on any atom is 0.328 e. The zero-order valence-electron chi connectivity index (χ0n) is 12.2. The van der Waals surface area contributed by atoms with Gasteiger partial charge in [-0.3, -0.25) is 4.79 Å². The molecule has 0 radical (unpaired) electrons. The van der Waals surface area contributed by atoms with Crippen LogP contribution in [0.1, 0.15) is 17.0 Å². The molecule has 22 heavy (non-hydrogen) atoms. The van der Waals surface area contributed by atoms with Crippen LogP contribution in [0.4, 0.5) is 0 Å². The minimum absolute atomic E-state index is 0.375. The highest BCUT2D eigenvalue weighted by atomic mass is 16.5. The Hall–Kier alpha value is -2.88. The number of carbonyl (C=O) groups is 1. The van der Waals surface area contributed by atoms with Crippen molar-refractivity contribution in [3.05, 3.63) is 90.0 Å². The average Bonchev–Trinajstić information content (AvgIpc) is 3.12. The van der Waals surface area contributed by atoms with Gasteiger partial charge in [0.2, 0.25) is 0 Å². The van der Waals surface area contributed by atoms with Crippen molar-refractivity contribution in [2.24, 2.45) is 0 Å². The molecule has 1 heterocycles. The number of carbonyl (C=O) groups excluding carboxylic acids is 1. The monoisotopic (exact) mass is 292 g/mol. The van der Waals surface area contributed by atoms with Gasteiger partial charge in [0, 0.05) is 12.4 Å². The molecule has 0 bridgehead atoms. The maximum atomic E-state index is 12.9. The van der Waals surface area contributed by atoms with Crippen LogP contribution in [0.5, 0.6) is 0 Å². The Morgan fingerprint density at radius 1 is 1.00 bits per heavy atom. The van der Waals surface area contributed by atoms with Crippen molar-refractivity contribution in [3.8, 4) is 0 Å². The van der Waals surface area contributed by atoms with E-state index in [1.807, 2.05) is 60.7 Å². The highest BCUT2D eigenvalue weighted by Crippen LogP contribution is 2.38. The third kappa shape index (κ3) is 2.09. The first-order chi connectivity index (χ1) is 10.8. The van der Waals surface area contributed by atoms with Gasteiger partial charge in [-0.2, -0.15) is 0 Å². The summed E-state index contributed by atoms with van der Waals surface area (Å²) in [5, 5.41) is 0. The number of hydrogen-bond donors (Lipinski definition) is 1. The molecule has 0 unspecified atom stereocenters. The quantitative estimate of drug-likeness (QED) is 0.752. The Labute approximate surface area is 128 Å². The summed E-state index contributed by atoms with van der Waals surface area (Å²) in [7, 11) is 1.39. The summed E-state index contributed by atoms with van der Waals surface area (Å²) in [5.74, 6) is 0.164.